The Hall–Kier alpha value is -0.990. The quantitative estimate of drug-likeness (QED) is 0.176. The third kappa shape index (κ3) is 17.6. The lowest BCUT2D eigenvalue weighted by Crippen LogP contribution is -2.29. The third-order valence-electron chi connectivity index (χ3n) is 3.99. The van der Waals surface area contributed by atoms with E-state index < -0.39 is 32.5 Å². The SMILES string of the molecule is CCCCCCCCC(=O)OC[C@H](COP(=O)(O)OCCN)OC(=O)CCCC. The number of hydrogen-bond acceptors (Lipinski definition) is 8. The minimum atomic E-state index is -4.32. The van der Waals surface area contributed by atoms with Crippen molar-refractivity contribution in [2.24, 2.45) is 5.73 Å². The predicted octanol–water partition coefficient (Wildman–Crippen LogP) is 3.47. The van der Waals surface area contributed by atoms with Crippen molar-refractivity contribution in [3.05, 3.63) is 0 Å². The van der Waals surface area contributed by atoms with E-state index in [0.717, 1.165) is 32.1 Å². The van der Waals surface area contributed by atoms with E-state index in [1.165, 1.54) is 12.8 Å². The highest BCUT2D eigenvalue weighted by Gasteiger charge is 2.25. The van der Waals surface area contributed by atoms with Gasteiger partial charge in [0.1, 0.15) is 6.61 Å². The van der Waals surface area contributed by atoms with Crippen LogP contribution < -0.4 is 5.73 Å². The molecule has 0 heterocycles. The monoisotopic (exact) mass is 439 g/mol. The molecular formula is C19H38NO8P. The van der Waals surface area contributed by atoms with Gasteiger partial charge in [-0.05, 0) is 12.8 Å². The standard InChI is InChI=1S/C19H38NO8P/c1-3-5-7-8-9-10-12-18(21)25-15-17(28-19(22)11-6-4-2)16-27-29(23,24)26-14-13-20/h17H,3-16,20H2,1-2H3,(H,23,24)/t17-/m1/s1. The van der Waals surface area contributed by atoms with Gasteiger partial charge in [-0.2, -0.15) is 0 Å². The number of carbonyl (C=O) groups excluding carboxylic acids is 2. The zero-order chi connectivity index (χ0) is 22.0. The molecule has 3 N–H and O–H groups in total. The van der Waals surface area contributed by atoms with Crippen LogP contribution in [-0.4, -0.2) is 49.3 Å². The minimum Gasteiger partial charge on any atom is -0.462 e. The van der Waals surface area contributed by atoms with Crippen LogP contribution in [0.25, 0.3) is 0 Å². The van der Waals surface area contributed by atoms with Gasteiger partial charge in [0.25, 0.3) is 0 Å². The molecule has 0 saturated carbocycles. The molecule has 0 aliphatic carbocycles. The van der Waals surface area contributed by atoms with Crippen LogP contribution in [0.4, 0.5) is 0 Å². The highest BCUT2D eigenvalue weighted by atomic mass is 31.2. The molecule has 0 fully saturated rings. The Labute approximate surface area is 174 Å². The number of rotatable bonds is 19. The summed E-state index contributed by atoms with van der Waals surface area (Å²) in [6.45, 7) is 3.31. The zero-order valence-corrected chi connectivity index (χ0v) is 18.7. The lowest BCUT2D eigenvalue weighted by atomic mass is 10.1. The van der Waals surface area contributed by atoms with Crippen molar-refractivity contribution in [1.29, 1.82) is 0 Å². The van der Waals surface area contributed by atoms with Crippen LogP contribution in [0, 0.1) is 0 Å². The lowest BCUT2D eigenvalue weighted by Gasteiger charge is -2.19. The molecule has 9 nitrogen and oxygen atoms in total. The highest BCUT2D eigenvalue weighted by molar-refractivity contribution is 7.47. The molecule has 1 unspecified atom stereocenters. The molecule has 2 atom stereocenters. The molecule has 0 aromatic rings. The summed E-state index contributed by atoms with van der Waals surface area (Å²) in [6.07, 6.45) is 7.27. The summed E-state index contributed by atoms with van der Waals surface area (Å²) in [6, 6.07) is 0. The fourth-order valence-corrected chi connectivity index (χ4v) is 3.14. The highest BCUT2D eigenvalue weighted by Crippen LogP contribution is 2.43. The average Bonchev–Trinajstić information content (AvgIpc) is 2.69. The smallest absolute Gasteiger partial charge is 0.462 e. The number of esters is 2. The summed E-state index contributed by atoms with van der Waals surface area (Å²) >= 11 is 0. The van der Waals surface area contributed by atoms with Crippen molar-refractivity contribution in [3.63, 3.8) is 0 Å². The van der Waals surface area contributed by atoms with Crippen LogP contribution in [-0.2, 0) is 32.7 Å². The van der Waals surface area contributed by atoms with Gasteiger partial charge in [-0.15, -0.1) is 0 Å². The van der Waals surface area contributed by atoms with E-state index in [2.05, 4.69) is 11.4 Å². The molecule has 0 aromatic carbocycles. The van der Waals surface area contributed by atoms with Crippen LogP contribution in [0.5, 0.6) is 0 Å². The Morgan fingerprint density at radius 1 is 0.897 bits per heavy atom. The summed E-state index contributed by atoms with van der Waals surface area (Å²) in [5.41, 5.74) is 5.22. The average molecular weight is 439 g/mol. The molecule has 0 aliphatic heterocycles. The van der Waals surface area contributed by atoms with E-state index in [-0.39, 0.29) is 32.6 Å². The molecule has 0 aliphatic rings. The summed E-state index contributed by atoms with van der Waals surface area (Å²) in [5.74, 6) is -0.885. The Morgan fingerprint density at radius 2 is 1.52 bits per heavy atom. The van der Waals surface area contributed by atoms with E-state index in [1.807, 2.05) is 6.92 Å². The van der Waals surface area contributed by atoms with E-state index in [0.29, 0.717) is 6.42 Å². The van der Waals surface area contributed by atoms with Crippen molar-refractivity contribution in [1.82, 2.24) is 0 Å². The van der Waals surface area contributed by atoms with Crippen LogP contribution in [0.15, 0.2) is 0 Å². The van der Waals surface area contributed by atoms with Crippen LogP contribution in [0.3, 0.4) is 0 Å². The second kappa shape index (κ2) is 17.8. The van der Waals surface area contributed by atoms with Gasteiger partial charge in [-0.3, -0.25) is 18.6 Å². The largest absolute Gasteiger partial charge is 0.472 e. The fourth-order valence-electron chi connectivity index (χ4n) is 2.37. The molecule has 0 rings (SSSR count). The number of hydrogen-bond donors (Lipinski definition) is 2. The van der Waals surface area contributed by atoms with Crippen molar-refractivity contribution in [2.45, 2.75) is 84.2 Å². The number of nitrogens with two attached hydrogens (primary N) is 1. The van der Waals surface area contributed by atoms with Gasteiger partial charge in [0.2, 0.25) is 0 Å². The molecule has 29 heavy (non-hydrogen) atoms. The first-order chi connectivity index (χ1) is 13.8. The molecule has 0 amide bonds. The van der Waals surface area contributed by atoms with Gasteiger partial charge >= 0.3 is 19.8 Å². The summed E-state index contributed by atoms with van der Waals surface area (Å²) in [4.78, 5) is 33.3. The topological polar surface area (TPSA) is 134 Å². The molecule has 172 valence electrons. The second-order valence-electron chi connectivity index (χ2n) is 6.80. The van der Waals surface area contributed by atoms with Crippen molar-refractivity contribution < 1.29 is 37.6 Å². The van der Waals surface area contributed by atoms with Crippen molar-refractivity contribution in [2.75, 3.05) is 26.4 Å². The van der Waals surface area contributed by atoms with E-state index >= 15 is 0 Å². The van der Waals surface area contributed by atoms with Crippen LogP contribution in [0.1, 0.15) is 78.1 Å². The summed E-state index contributed by atoms with van der Waals surface area (Å²) < 4.78 is 31.6. The van der Waals surface area contributed by atoms with Gasteiger partial charge in [0, 0.05) is 19.4 Å². The Balaban J connectivity index is 4.40. The number of carbonyl (C=O) groups is 2. The molecule has 0 bridgehead atoms. The number of unbranched alkanes of at least 4 members (excludes halogenated alkanes) is 6. The molecular weight excluding hydrogens is 401 g/mol. The third-order valence-corrected chi connectivity index (χ3v) is 4.98. The predicted molar refractivity (Wildman–Crippen MR) is 109 cm³/mol. The van der Waals surface area contributed by atoms with E-state index in [1.54, 1.807) is 0 Å². The van der Waals surface area contributed by atoms with Crippen molar-refractivity contribution in [3.8, 4) is 0 Å². The molecule has 0 saturated heterocycles. The van der Waals surface area contributed by atoms with Crippen molar-refractivity contribution >= 4 is 19.8 Å². The van der Waals surface area contributed by atoms with Crippen LogP contribution in [0.2, 0.25) is 0 Å². The fraction of sp³-hybridized carbons (Fsp3) is 0.895. The maximum atomic E-state index is 11.9. The molecule has 0 aromatic heterocycles. The first-order valence-electron chi connectivity index (χ1n) is 10.5. The lowest BCUT2D eigenvalue weighted by molar-refractivity contribution is -0.161. The van der Waals surface area contributed by atoms with E-state index in [4.69, 9.17) is 19.7 Å². The number of ether oxygens (including phenoxy) is 2. The summed E-state index contributed by atoms with van der Waals surface area (Å²) in [5, 5.41) is 0. The first-order valence-corrected chi connectivity index (χ1v) is 12.0. The number of phosphoric acid groups is 1. The van der Waals surface area contributed by atoms with Gasteiger partial charge < -0.3 is 20.1 Å². The van der Waals surface area contributed by atoms with Gasteiger partial charge in [-0.25, -0.2) is 4.57 Å². The number of phosphoric ester groups is 1. The minimum absolute atomic E-state index is 0.0550. The summed E-state index contributed by atoms with van der Waals surface area (Å²) in [7, 11) is -4.32. The second-order valence-corrected chi connectivity index (χ2v) is 8.26. The van der Waals surface area contributed by atoms with Gasteiger partial charge in [0.15, 0.2) is 6.10 Å². The van der Waals surface area contributed by atoms with Crippen LogP contribution >= 0.6 is 7.82 Å². The Morgan fingerprint density at radius 3 is 2.17 bits per heavy atom. The van der Waals surface area contributed by atoms with E-state index in [9.17, 15) is 19.0 Å². The van der Waals surface area contributed by atoms with Gasteiger partial charge in [-0.1, -0.05) is 52.4 Å². The first kappa shape index (κ1) is 28.0. The molecule has 0 radical (unpaired) electrons. The maximum absolute atomic E-state index is 11.9. The molecule has 10 heteroatoms. The zero-order valence-electron chi connectivity index (χ0n) is 17.8. The Kier molecular flexibility index (Phi) is 17.2. The normalized spacial score (nSPS) is 14.2. The Bertz CT molecular complexity index is 489. The molecule has 0 spiro atoms. The van der Waals surface area contributed by atoms with Gasteiger partial charge in [0.05, 0.1) is 13.2 Å². The maximum Gasteiger partial charge on any atom is 0.472 e.